The number of amides is 1. The third-order valence-corrected chi connectivity index (χ3v) is 3.26. The molecule has 0 unspecified atom stereocenters. The van der Waals surface area contributed by atoms with Gasteiger partial charge in [0.15, 0.2) is 0 Å². The van der Waals surface area contributed by atoms with Crippen molar-refractivity contribution in [3.05, 3.63) is 23.5 Å². The van der Waals surface area contributed by atoms with E-state index in [1.165, 1.54) is 13.2 Å². The molecule has 1 amide bonds. The van der Waals surface area contributed by atoms with Crippen molar-refractivity contribution in [1.29, 1.82) is 0 Å². The van der Waals surface area contributed by atoms with Crippen LogP contribution in [0, 0.1) is 0 Å². The van der Waals surface area contributed by atoms with E-state index in [9.17, 15) is 9.59 Å². The number of ether oxygens (including phenoxy) is 2. The van der Waals surface area contributed by atoms with Crippen LogP contribution in [0.25, 0.3) is 0 Å². The molecule has 0 spiro atoms. The fourth-order valence-corrected chi connectivity index (χ4v) is 2.20. The van der Waals surface area contributed by atoms with Crippen LogP contribution >= 0.6 is 0 Å². The van der Waals surface area contributed by atoms with Gasteiger partial charge in [-0.1, -0.05) is 0 Å². The first-order chi connectivity index (χ1) is 9.63. The first kappa shape index (κ1) is 14.5. The maximum Gasteiger partial charge on any atom is 0.337 e. The van der Waals surface area contributed by atoms with E-state index in [1.807, 2.05) is 0 Å². The summed E-state index contributed by atoms with van der Waals surface area (Å²) in [6.07, 6.45) is 1.61. The van der Waals surface area contributed by atoms with Crippen LogP contribution in [0.4, 0.5) is 0 Å². The Morgan fingerprint density at radius 3 is 2.70 bits per heavy atom. The second-order valence-electron chi connectivity index (χ2n) is 4.54. The van der Waals surface area contributed by atoms with Crippen molar-refractivity contribution in [2.24, 2.45) is 0 Å². The van der Waals surface area contributed by atoms with Crippen molar-refractivity contribution >= 4 is 11.9 Å². The highest BCUT2D eigenvalue weighted by atomic mass is 16.5. The van der Waals surface area contributed by atoms with Gasteiger partial charge in [0.1, 0.15) is 6.54 Å². The van der Waals surface area contributed by atoms with Crippen LogP contribution in [0.3, 0.4) is 0 Å². The SMILES string of the molecule is COCc1c(C(=O)O)ccn1CC(=O)N1CCOCC1. The van der Waals surface area contributed by atoms with Gasteiger partial charge < -0.3 is 24.0 Å². The van der Waals surface area contributed by atoms with Crippen molar-refractivity contribution < 1.29 is 24.2 Å². The predicted octanol–water partition coefficient (Wildman–Crippen LogP) is 0.192. The molecule has 0 aliphatic carbocycles. The van der Waals surface area contributed by atoms with Crippen molar-refractivity contribution in [2.75, 3.05) is 33.4 Å². The summed E-state index contributed by atoms with van der Waals surface area (Å²) in [4.78, 5) is 25.0. The molecule has 0 saturated carbocycles. The number of rotatable bonds is 5. The molecule has 7 heteroatoms. The number of aromatic nitrogens is 1. The van der Waals surface area contributed by atoms with E-state index in [0.717, 1.165) is 0 Å². The number of carboxylic acid groups (broad SMARTS) is 1. The summed E-state index contributed by atoms with van der Waals surface area (Å²) in [7, 11) is 1.49. The Morgan fingerprint density at radius 2 is 2.10 bits per heavy atom. The number of aromatic carboxylic acids is 1. The average molecular weight is 282 g/mol. The van der Waals surface area contributed by atoms with E-state index < -0.39 is 5.97 Å². The summed E-state index contributed by atoms with van der Waals surface area (Å²) in [5.41, 5.74) is 0.670. The first-order valence-corrected chi connectivity index (χ1v) is 6.39. The average Bonchev–Trinajstić information content (AvgIpc) is 2.83. The number of carboxylic acids is 1. The molecule has 20 heavy (non-hydrogen) atoms. The van der Waals surface area contributed by atoms with Gasteiger partial charge >= 0.3 is 5.97 Å². The molecule has 0 aromatic carbocycles. The standard InChI is InChI=1S/C13H18N2O5/c1-19-9-11-10(13(17)18)2-3-15(11)8-12(16)14-4-6-20-7-5-14/h2-3H,4-9H2,1H3,(H,17,18). The van der Waals surface area contributed by atoms with E-state index in [4.69, 9.17) is 14.6 Å². The molecule has 1 aromatic rings. The van der Waals surface area contributed by atoms with E-state index in [0.29, 0.717) is 32.0 Å². The predicted molar refractivity (Wildman–Crippen MR) is 69.5 cm³/mol. The Bertz CT molecular complexity index is 491. The molecule has 0 bridgehead atoms. The lowest BCUT2D eigenvalue weighted by Crippen LogP contribution is -2.42. The van der Waals surface area contributed by atoms with Crippen LogP contribution in [0.5, 0.6) is 0 Å². The van der Waals surface area contributed by atoms with Crippen LogP contribution < -0.4 is 0 Å². The van der Waals surface area contributed by atoms with Gasteiger partial charge in [-0.3, -0.25) is 4.79 Å². The highest BCUT2D eigenvalue weighted by Gasteiger charge is 2.20. The second-order valence-corrected chi connectivity index (χ2v) is 4.54. The van der Waals surface area contributed by atoms with Crippen LogP contribution in [0.1, 0.15) is 16.1 Å². The summed E-state index contributed by atoms with van der Waals surface area (Å²) >= 11 is 0. The Labute approximate surface area is 116 Å². The van der Waals surface area contributed by atoms with Crippen molar-refractivity contribution in [3.63, 3.8) is 0 Å². The molecule has 2 rings (SSSR count). The van der Waals surface area contributed by atoms with Crippen LogP contribution in [-0.2, 0) is 27.4 Å². The number of carbonyl (C=O) groups is 2. The zero-order valence-electron chi connectivity index (χ0n) is 11.4. The molecule has 1 aliphatic heterocycles. The van der Waals surface area contributed by atoms with Gasteiger partial charge in [-0.05, 0) is 6.07 Å². The molecule has 1 saturated heterocycles. The van der Waals surface area contributed by atoms with Crippen LogP contribution in [0.15, 0.2) is 12.3 Å². The lowest BCUT2D eigenvalue weighted by Gasteiger charge is -2.27. The quantitative estimate of drug-likeness (QED) is 0.834. The van der Waals surface area contributed by atoms with E-state index in [1.54, 1.807) is 15.7 Å². The zero-order valence-corrected chi connectivity index (χ0v) is 11.4. The first-order valence-electron chi connectivity index (χ1n) is 6.39. The molecule has 0 radical (unpaired) electrons. The summed E-state index contributed by atoms with van der Waals surface area (Å²) in [6.45, 7) is 2.51. The number of hydrogen-bond donors (Lipinski definition) is 1. The normalized spacial score (nSPS) is 15.3. The molecule has 1 fully saturated rings. The van der Waals surface area contributed by atoms with Crippen LogP contribution in [0.2, 0.25) is 0 Å². The minimum Gasteiger partial charge on any atom is -0.478 e. The summed E-state index contributed by atoms with van der Waals surface area (Å²) in [5.74, 6) is -1.06. The minimum absolute atomic E-state index is 0.0433. The molecular formula is C13H18N2O5. The van der Waals surface area contributed by atoms with Gasteiger partial charge in [0.05, 0.1) is 31.1 Å². The highest BCUT2D eigenvalue weighted by molar-refractivity contribution is 5.89. The fourth-order valence-electron chi connectivity index (χ4n) is 2.20. The topological polar surface area (TPSA) is 81.0 Å². The van der Waals surface area contributed by atoms with Crippen molar-refractivity contribution in [2.45, 2.75) is 13.2 Å². The van der Waals surface area contributed by atoms with Gasteiger partial charge in [-0.25, -0.2) is 4.79 Å². The van der Waals surface area contributed by atoms with Crippen LogP contribution in [-0.4, -0.2) is 59.9 Å². The third kappa shape index (κ3) is 3.17. The summed E-state index contributed by atoms with van der Waals surface area (Å²) in [6, 6.07) is 1.49. The van der Waals surface area contributed by atoms with E-state index >= 15 is 0 Å². The van der Waals surface area contributed by atoms with Gasteiger partial charge in [-0.2, -0.15) is 0 Å². The largest absolute Gasteiger partial charge is 0.478 e. The highest BCUT2D eigenvalue weighted by Crippen LogP contribution is 2.13. The Balaban J connectivity index is 2.11. The number of morpholine rings is 1. The maximum atomic E-state index is 12.2. The molecule has 1 aromatic heterocycles. The Morgan fingerprint density at radius 1 is 1.40 bits per heavy atom. The Hall–Kier alpha value is -1.86. The van der Waals surface area contributed by atoms with Gasteiger partial charge in [0, 0.05) is 26.4 Å². The monoisotopic (exact) mass is 282 g/mol. The molecule has 110 valence electrons. The number of methoxy groups -OCH3 is 1. The molecule has 7 nitrogen and oxygen atoms in total. The van der Waals surface area contributed by atoms with E-state index in [-0.39, 0.29) is 24.6 Å². The van der Waals surface area contributed by atoms with E-state index in [2.05, 4.69) is 0 Å². The van der Waals surface area contributed by atoms with Crippen molar-refractivity contribution in [1.82, 2.24) is 9.47 Å². The van der Waals surface area contributed by atoms with Gasteiger partial charge in [0.25, 0.3) is 0 Å². The molecule has 1 N–H and O–H groups in total. The lowest BCUT2D eigenvalue weighted by atomic mass is 10.2. The second kappa shape index (κ2) is 6.53. The number of carbonyl (C=O) groups excluding carboxylic acids is 1. The summed E-state index contributed by atoms with van der Waals surface area (Å²) in [5, 5.41) is 9.11. The summed E-state index contributed by atoms with van der Waals surface area (Å²) < 4.78 is 11.8. The smallest absolute Gasteiger partial charge is 0.337 e. The maximum absolute atomic E-state index is 12.2. The van der Waals surface area contributed by atoms with Crippen molar-refractivity contribution in [3.8, 4) is 0 Å². The Kier molecular flexibility index (Phi) is 4.75. The van der Waals surface area contributed by atoms with Gasteiger partial charge in [0.2, 0.25) is 5.91 Å². The number of nitrogens with zero attached hydrogens (tertiary/aromatic N) is 2. The molecular weight excluding hydrogens is 264 g/mol. The number of hydrogen-bond acceptors (Lipinski definition) is 4. The lowest BCUT2D eigenvalue weighted by molar-refractivity contribution is -0.135. The minimum atomic E-state index is -1.02. The van der Waals surface area contributed by atoms with Gasteiger partial charge in [-0.15, -0.1) is 0 Å². The fraction of sp³-hybridized carbons (Fsp3) is 0.538. The molecule has 0 atom stereocenters. The molecule has 1 aliphatic rings. The third-order valence-electron chi connectivity index (χ3n) is 3.26. The molecule has 2 heterocycles. The zero-order chi connectivity index (χ0) is 14.5.